The predicted molar refractivity (Wildman–Crippen MR) is 168 cm³/mol. The number of esters is 1. The Morgan fingerprint density at radius 2 is 1.71 bits per heavy atom. The second-order valence-corrected chi connectivity index (χ2v) is 18.5. The molecule has 4 N–H and O–H groups in total. The summed E-state index contributed by atoms with van der Waals surface area (Å²) in [6.45, 7) is 14.9. The Balaban J connectivity index is 1.06. The molecule has 0 aromatic rings. The Hall–Kier alpha value is -1.15. The van der Waals surface area contributed by atoms with Gasteiger partial charge in [0.05, 0.1) is 18.8 Å². The summed E-state index contributed by atoms with van der Waals surface area (Å²) in [7, 11) is 0. The molecule has 0 amide bonds. The van der Waals surface area contributed by atoms with E-state index in [9.17, 15) is 25.2 Å². The van der Waals surface area contributed by atoms with Crippen molar-refractivity contribution in [3.8, 4) is 0 Å². The second kappa shape index (κ2) is 9.63. The van der Waals surface area contributed by atoms with Crippen LogP contribution < -0.4 is 0 Å². The number of carbonyl (C=O) groups excluding carboxylic acids is 1. The Morgan fingerprint density at radius 1 is 0.958 bits per heavy atom. The summed E-state index contributed by atoms with van der Waals surface area (Å²) >= 11 is 0. The zero-order valence-electron chi connectivity index (χ0n) is 29.3. The minimum Gasteiger partial charge on any atom is -0.462 e. The van der Waals surface area contributed by atoms with Gasteiger partial charge in [-0.15, -0.1) is 0 Å². The van der Waals surface area contributed by atoms with Crippen molar-refractivity contribution in [1.29, 1.82) is 0 Å². The first-order valence-electron chi connectivity index (χ1n) is 18.3. The molecule has 4 aliphatic heterocycles. The number of rotatable bonds is 3. The Bertz CT molecular complexity index is 1450. The van der Waals surface area contributed by atoms with Gasteiger partial charge in [-0.05, 0) is 74.0 Å². The quantitative estimate of drug-likeness (QED) is 0.198. The molecule has 7 unspecified atom stereocenters. The number of hydrogen-bond donors (Lipinski definition) is 4. The molecule has 3 spiro atoms. The average Bonchev–Trinajstić information content (AvgIpc) is 3.84. The maximum atomic E-state index is 12.9. The lowest BCUT2D eigenvalue weighted by Crippen LogP contribution is -2.61. The molecule has 0 aromatic heterocycles. The molecule has 4 saturated heterocycles. The summed E-state index contributed by atoms with van der Waals surface area (Å²) in [5, 5.41) is 41.7. The molecule has 11 heteroatoms. The number of fused-ring (bicyclic) bond motifs is 6. The predicted octanol–water partition coefficient (Wildman–Crippen LogP) is 2.95. The molecule has 4 heterocycles. The van der Waals surface area contributed by atoms with E-state index in [0.29, 0.717) is 12.3 Å². The maximum Gasteiger partial charge on any atom is 0.302 e. The summed E-state index contributed by atoms with van der Waals surface area (Å²) in [6.07, 6.45) is 1.68. The van der Waals surface area contributed by atoms with E-state index in [0.717, 1.165) is 38.5 Å². The van der Waals surface area contributed by atoms with Gasteiger partial charge in [-0.1, -0.05) is 46.3 Å². The zero-order valence-corrected chi connectivity index (χ0v) is 29.3. The van der Waals surface area contributed by atoms with E-state index in [-0.39, 0.29) is 75.9 Å². The van der Waals surface area contributed by atoms with E-state index in [4.69, 9.17) is 28.4 Å². The van der Waals surface area contributed by atoms with Crippen LogP contribution in [0.15, 0.2) is 11.6 Å². The molecular weight excluding hydrogens is 620 g/mol. The lowest BCUT2D eigenvalue weighted by atomic mass is 9.44. The fourth-order valence-electron chi connectivity index (χ4n) is 13.8. The van der Waals surface area contributed by atoms with Crippen molar-refractivity contribution < 1.29 is 53.6 Å². The van der Waals surface area contributed by atoms with Crippen LogP contribution in [-0.2, 0) is 33.2 Å². The van der Waals surface area contributed by atoms with Gasteiger partial charge in [0.15, 0.2) is 12.6 Å². The van der Waals surface area contributed by atoms with Crippen LogP contribution in [0.2, 0.25) is 0 Å². The standard InChI is InChI=1S/C37H54O11/c1-17-12-37(29-34(7,47-29)30(42)48-37)46-20-13-32(5)22-9-8-21-31(3,4)23(45-28-27(41)26(40)19(39)15-43-28)10-11-35(21)16-36(22,35)14-24(44-18(2)38)33(32,6)25(17)20/h9,17,19-21,23-30,39-42H,8,10-16H2,1-7H3/t17-,19-,20+,21?,23?,24+,25+,26+,27-,28+,29?,30?,32+,33-,34?,35-,36?,37?/m1/s1. The van der Waals surface area contributed by atoms with Crippen molar-refractivity contribution in [2.75, 3.05) is 6.61 Å². The molecule has 4 saturated carbocycles. The number of aliphatic hydroxyl groups excluding tert-OH is 4. The molecule has 48 heavy (non-hydrogen) atoms. The molecule has 9 rings (SSSR count). The Kier molecular flexibility index (Phi) is 6.57. The first-order valence-corrected chi connectivity index (χ1v) is 18.3. The molecule has 0 bridgehead atoms. The van der Waals surface area contributed by atoms with E-state index in [1.165, 1.54) is 12.5 Å². The second-order valence-electron chi connectivity index (χ2n) is 18.5. The molecule has 268 valence electrons. The van der Waals surface area contributed by atoms with Crippen molar-refractivity contribution in [2.45, 2.75) is 160 Å². The highest BCUT2D eigenvalue weighted by atomic mass is 16.8. The van der Waals surface area contributed by atoms with E-state index in [1.807, 2.05) is 6.92 Å². The minimum atomic E-state index is -1.32. The van der Waals surface area contributed by atoms with Gasteiger partial charge in [0, 0.05) is 29.6 Å². The third-order valence-electron chi connectivity index (χ3n) is 16.1. The largest absolute Gasteiger partial charge is 0.462 e. The molecule has 11 nitrogen and oxygen atoms in total. The van der Waals surface area contributed by atoms with Crippen LogP contribution in [0.3, 0.4) is 0 Å². The van der Waals surface area contributed by atoms with Crippen molar-refractivity contribution in [1.82, 2.24) is 0 Å². The molecular formula is C37H54O11. The van der Waals surface area contributed by atoms with Gasteiger partial charge >= 0.3 is 5.97 Å². The third-order valence-corrected chi connectivity index (χ3v) is 16.1. The Labute approximate surface area is 282 Å². The number of aliphatic hydroxyl groups is 4. The van der Waals surface area contributed by atoms with Gasteiger partial charge < -0.3 is 48.8 Å². The first-order chi connectivity index (χ1) is 22.4. The van der Waals surface area contributed by atoms with Crippen LogP contribution in [-0.4, -0.2) is 99.7 Å². The highest BCUT2D eigenvalue weighted by Crippen LogP contribution is 2.88. The van der Waals surface area contributed by atoms with E-state index < -0.39 is 42.3 Å². The van der Waals surface area contributed by atoms with Gasteiger partial charge in [-0.25, -0.2) is 0 Å². The van der Waals surface area contributed by atoms with Crippen LogP contribution in [0.25, 0.3) is 0 Å². The Morgan fingerprint density at radius 3 is 2.38 bits per heavy atom. The van der Waals surface area contributed by atoms with E-state index in [2.05, 4.69) is 40.7 Å². The highest BCUT2D eigenvalue weighted by molar-refractivity contribution is 5.66. The fourth-order valence-corrected chi connectivity index (χ4v) is 13.8. The molecule has 0 aromatic carbocycles. The van der Waals surface area contributed by atoms with Gasteiger partial charge in [-0.2, -0.15) is 0 Å². The topological polar surface area (TPSA) is 157 Å². The highest BCUT2D eigenvalue weighted by Gasteiger charge is 2.85. The summed E-state index contributed by atoms with van der Waals surface area (Å²) in [5.74, 6) is -0.600. The van der Waals surface area contributed by atoms with Gasteiger partial charge in [0.1, 0.15) is 36.1 Å². The van der Waals surface area contributed by atoms with Crippen LogP contribution in [0, 0.1) is 44.8 Å². The van der Waals surface area contributed by atoms with E-state index >= 15 is 0 Å². The monoisotopic (exact) mass is 674 g/mol. The van der Waals surface area contributed by atoms with Gasteiger partial charge in [0.25, 0.3) is 0 Å². The average molecular weight is 675 g/mol. The minimum absolute atomic E-state index is 0.0364. The summed E-state index contributed by atoms with van der Waals surface area (Å²) in [6, 6.07) is 0. The smallest absolute Gasteiger partial charge is 0.302 e. The van der Waals surface area contributed by atoms with Crippen molar-refractivity contribution in [3.63, 3.8) is 0 Å². The number of hydrogen-bond acceptors (Lipinski definition) is 11. The van der Waals surface area contributed by atoms with Gasteiger partial charge in [0.2, 0.25) is 5.79 Å². The zero-order chi connectivity index (χ0) is 34.2. The van der Waals surface area contributed by atoms with Crippen LogP contribution in [0.5, 0.6) is 0 Å². The number of allylic oxidation sites excluding steroid dienone is 2. The van der Waals surface area contributed by atoms with Crippen LogP contribution in [0.1, 0.15) is 93.4 Å². The number of epoxide rings is 1. The van der Waals surface area contributed by atoms with Gasteiger partial charge in [-0.3, -0.25) is 4.79 Å². The van der Waals surface area contributed by atoms with Crippen LogP contribution in [0.4, 0.5) is 0 Å². The molecule has 9 aliphatic rings. The van der Waals surface area contributed by atoms with Crippen molar-refractivity contribution >= 4 is 5.97 Å². The summed E-state index contributed by atoms with van der Waals surface area (Å²) in [4.78, 5) is 12.9. The summed E-state index contributed by atoms with van der Waals surface area (Å²) in [5.41, 5.74) is -0.191. The van der Waals surface area contributed by atoms with E-state index in [1.54, 1.807) is 0 Å². The van der Waals surface area contributed by atoms with Crippen molar-refractivity contribution in [3.05, 3.63) is 11.6 Å². The molecule has 18 atom stereocenters. The summed E-state index contributed by atoms with van der Waals surface area (Å²) < 4.78 is 37.8. The lowest BCUT2D eigenvalue weighted by molar-refractivity contribution is -0.345. The molecule has 0 radical (unpaired) electrons. The third kappa shape index (κ3) is 3.69. The normalized spacial score (nSPS) is 61.6. The van der Waals surface area contributed by atoms with Crippen molar-refractivity contribution in [2.24, 2.45) is 44.8 Å². The number of carbonyl (C=O) groups is 1. The number of ether oxygens (including phenoxy) is 6. The SMILES string of the molecule is CC(=O)O[C@H]1CC23C[C@@]24CCC(O[C@@H]2OC[C@@H](O)[C@H](O)[C@H]2O)C(C)(C)C4CC=C3[C@]2(C)C[C@@H]3OC4(C[C@@H](C)[C@@H]3[C@@]12C)OC(O)C1(C)OC41. The fraction of sp³-hybridized carbons (Fsp3) is 0.919. The first kappa shape index (κ1) is 32.7. The molecule has 8 fully saturated rings. The lowest BCUT2D eigenvalue weighted by Gasteiger charge is -2.62. The molecule has 5 aliphatic carbocycles. The maximum absolute atomic E-state index is 12.9. The van der Waals surface area contributed by atoms with Crippen LogP contribution >= 0.6 is 0 Å².